The van der Waals surface area contributed by atoms with Gasteiger partial charge in [-0.25, -0.2) is 0 Å². The molecule has 0 saturated heterocycles. The molecule has 0 radical (unpaired) electrons. The summed E-state index contributed by atoms with van der Waals surface area (Å²) in [5.74, 6) is -0.662. The third kappa shape index (κ3) is 1.68. The molecule has 1 aliphatic carbocycles. The Labute approximate surface area is 96.5 Å². The van der Waals surface area contributed by atoms with E-state index in [0.29, 0.717) is 23.6 Å². The Balaban J connectivity index is 2.50. The minimum absolute atomic E-state index is 0.238. The first-order valence-electron chi connectivity index (χ1n) is 4.43. The summed E-state index contributed by atoms with van der Waals surface area (Å²) in [4.78, 5) is 11.5. The zero-order chi connectivity index (χ0) is 11.0. The standard InChI is InChI=1S/C9H8Cl2N2O2/c1-15-9(14)5-3-2-4-6(5)8(11)13-12-7(4)10/h5H,2-3H2,1H3. The number of aromatic nitrogens is 2. The van der Waals surface area contributed by atoms with Crippen molar-refractivity contribution in [1.82, 2.24) is 10.2 Å². The van der Waals surface area contributed by atoms with Crippen LogP contribution >= 0.6 is 23.2 Å². The molecule has 6 heteroatoms. The number of halogens is 2. The fourth-order valence-corrected chi connectivity index (χ4v) is 2.36. The van der Waals surface area contributed by atoms with E-state index >= 15 is 0 Å². The summed E-state index contributed by atoms with van der Waals surface area (Å²) in [7, 11) is 1.35. The number of fused-ring (bicyclic) bond motifs is 1. The lowest BCUT2D eigenvalue weighted by Crippen LogP contribution is -2.12. The van der Waals surface area contributed by atoms with Crippen LogP contribution in [0, 0.1) is 0 Å². The zero-order valence-electron chi connectivity index (χ0n) is 7.96. The van der Waals surface area contributed by atoms with Crippen LogP contribution in [0.5, 0.6) is 0 Å². The van der Waals surface area contributed by atoms with Crippen LogP contribution in [0.25, 0.3) is 0 Å². The largest absolute Gasteiger partial charge is 0.469 e. The topological polar surface area (TPSA) is 52.1 Å². The van der Waals surface area contributed by atoms with E-state index in [1.165, 1.54) is 7.11 Å². The fraction of sp³-hybridized carbons (Fsp3) is 0.444. The summed E-state index contributed by atoms with van der Waals surface area (Å²) in [6.45, 7) is 0. The average molecular weight is 247 g/mol. The van der Waals surface area contributed by atoms with E-state index in [1.54, 1.807) is 0 Å². The van der Waals surface area contributed by atoms with Crippen LogP contribution in [0.4, 0.5) is 0 Å². The third-order valence-electron chi connectivity index (χ3n) is 2.54. The van der Waals surface area contributed by atoms with E-state index in [4.69, 9.17) is 27.9 Å². The van der Waals surface area contributed by atoms with Gasteiger partial charge in [-0.05, 0) is 18.4 Å². The Morgan fingerprint density at radius 2 is 2.07 bits per heavy atom. The Hall–Kier alpha value is -0.870. The van der Waals surface area contributed by atoms with Gasteiger partial charge in [-0.1, -0.05) is 23.2 Å². The maximum atomic E-state index is 11.5. The van der Waals surface area contributed by atoms with Gasteiger partial charge in [-0.2, -0.15) is 0 Å². The molecule has 1 atom stereocenters. The lowest BCUT2D eigenvalue weighted by Gasteiger charge is -2.09. The number of rotatable bonds is 1. The number of nitrogens with zero attached hydrogens (tertiary/aromatic N) is 2. The van der Waals surface area contributed by atoms with E-state index in [0.717, 1.165) is 5.56 Å². The van der Waals surface area contributed by atoms with Crippen LogP contribution in [0.3, 0.4) is 0 Å². The second-order valence-electron chi connectivity index (χ2n) is 3.29. The first-order chi connectivity index (χ1) is 7.15. The van der Waals surface area contributed by atoms with Crippen LogP contribution in [0.1, 0.15) is 23.5 Å². The molecule has 0 aromatic carbocycles. The molecule has 1 unspecified atom stereocenters. The van der Waals surface area contributed by atoms with Gasteiger partial charge in [0.2, 0.25) is 0 Å². The maximum absolute atomic E-state index is 11.5. The van der Waals surface area contributed by atoms with Crippen LogP contribution in [-0.4, -0.2) is 23.3 Å². The van der Waals surface area contributed by atoms with E-state index in [2.05, 4.69) is 10.2 Å². The molecule has 0 fully saturated rings. The molecule has 0 N–H and O–H groups in total. The molecule has 1 heterocycles. The molecule has 0 bridgehead atoms. The molecule has 1 aromatic heterocycles. The summed E-state index contributed by atoms with van der Waals surface area (Å²) < 4.78 is 4.70. The lowest BCUT2D eigenvalue weighted by atomic mass is 10.0. The molecule has 0 aliphatic heterocycles. The lowest BCUT2D eigenvalue weighted by molar-refractivity contribution is -0.142. The van der Waals surface area contributed by atoms with Gasteiger partial charge >= 0.3 is 5.97 Å². The van der Waals surface area contributed by atoms with Crippen molar-refractivity contribution in [2.24, 2.45) is 0 Å². The zero-order valence-corrected chi connectivity index (χ0v) is 9.47. The first-order valence-corrected chi connectivity index (χ1v) is 5.19. The van der Waals surface area contributed by atoms with Gasteiger partial charge in [0, 0.05) is 5.56 Å². The van der Waals surface area contributed by atoms with Gasteiger partial charge in [0.1, 0.15) is 0 Å². The molecule has 0 spiro atoms. The van der Waals surface area contributed by atoms with Crippen molar-refractivity contribution in [2.45, 2.75) is 18.8 Å². The minimum Gasteiger partial charge on any atom is -0.469 e. The number of esters is 1. The monoisotopic (exact) mass is 246 g/mol. The number of methoxy groups -OCH3 is 1. The van der Waals surface area contributed by atoms with Crippen LogP contribution < -0.4 is 0 Å². The number of ether oxygens (including phenoxy) is 1. The molecule has 0 saturated carbocycles. The minimum atomic E-state index is -0.356. The molecule has 15 heavy (non-hydrogen) atoms. The molecule has 1 aromatic rings. The Kier molecular flexibility index (Phi) is 2.80. The highest BCUT2D eigenvalue weighted by molar-refractivity contribution is 6.32. The van der Waals surface area contributed by atoms with E-state index in [1.807, 2.05) is 0 Å². The Morgan fingerprint density at radius 3 is 2.73 bits per heavy atom. The summed E-state index contributed by atoms with van der Waals surface area (Å²) in [6, 6.07) is 0. The second-order valence-corrected chi connectivity index (χ2v) is 4.00. The Morgan fingerprint density at radius 1 is 1.40 bits per heavy atom. The van der Waals surface area contributed by atoms with Crippen molar-refractivity contribution in [1.29, 1.82) is 0 Å². The van der Waals surface area contributed by atoms with Gasteiger partial charge in [0.05, 0.1) is 13.0 Å². The highest BCUT2D eigenvalue weighted by atomic mass is 35.5. The molecule has 80 valence electrons. The van der Waals surface area contributed by atoms with Gasteiger partial charge in [-0.15, -0.1) is 10.2 Å². The van der Waals surface area contributed by atoms with Crippen LogP contribution in [0.15, 0.2) is 0 Å². The predicted molar refractivity (Wildman–Crippen MR) is 55.1 cm³/mol. The molecule has 1 aliphatic rings. The summed E-state index contributed by atoms with van der Waals surface area (Å²) in [5, 5.41) is 7.95. The van der Waals surface area contributed by atoms with Gasteiger partial charge in [-0.3, -0.25) is 4.79 Å². The molecule has 0 amide bonds. The summed E-state index contributed by atoms with van der Waals surface area (Å²) in [6.07, 6.45) is 1.33. The maximum Gasteiger partial charge on any atom is 0.313 e. The van der Waals surface area contributed by atoms with Crippen molar-refractivity contribution in [3.05, 3.63) is 21.4 Å². The summed E-state index contributed by atoms with van der Waals surface area (Å²) >= 11 is 11.8. The highest BCUT2D eigenvalue weighted by Crippen LogP contribution is 2.39. The van der Waals surface area contributed by atoms with Crippen molar-refractivity contribution in [3.63, 3.8) is 0 Å². The number of carbonyl (C=O) groups excluding carboxylic acids is 1. The normalized spacial score (nSPS) is 18.7. The molecule has 2 rings (SSSR count). The van der Waals surface area contributed by atoms with E-state index in [9.17, 15) is 4.79 Å². The third-order valence-corrected chi connectivity index (χ3v) is 3.12. The molecular formula is C9H8Cl2N2O2. The number of hydrogen-bond acceptors (Lipinski definition) is 4. The van der Waals surface area contributed by atoms with Crippen molar-refractivity contribution in [3.8, 4) is 0 Å². The SMILES string of the molecule is COC(=O)C1CCc2c(Cl)nnc(Cl)c21. The summed E-state index contributed by atoms with van der Waals surface area (Å²) in [5.41, 5.74) is 1.48. The van der Waals surface area contributed by atoms with Crippen LogP contribution in [-0.2, 0) is 16.0 Å². The van der Waals surface area contributed by atoms with Crippen molar-refractivity contribution in [2.75, 3.05) is 7.11 Å². The van der Waals surface area contributed by atoms with Gasteiger partial charge < -0.3 is 4.74 Å². The van der Waals surface area contributed by atoms with Gasteiger partial charge in [0.15, 0.2) is 10.3 Å². The second kappa shape index (κ2) is 3.94. The van der Waals surface area contributed by atoms with E-state index < -0.39 is 0 Å². The van der Waals surface area contributed by atoms with E-state index in [-0.39, 0.29) is 17.0 Å². The molecule has 4 nitrogen and oxygen atoms in total. The fourth-order valence-electron chi connectivity index (χ4n) is 1.84. The predicted octanol–water partition coefficient (Wildman–Crippen LogP) is 1.99. The van der Waals surface area contributed by atoms with Crippen molar-refractivity contribution >= 4 is 29.2 Å². The number of carbonyl (C=O) groups is 1. The van der Waals surface area contributed by atoms with Gasteiger partial charge in [0.25, 0.3) is 0 Å². The first kappa shape index (κ1) is 10.6. The molecular weight excluding hydrogens is 239 g/mol. The van der Waals surface area contributed by atoms with Crippen LogP contribution in [0.2, 0.25) is 10.3 Å². The van der Waals surface area contributed by atoms with Crippen molar-refractivity contribution < 1.29 is 9.53 Å². The smallest absolute Gasteiger partial charge is 0.313 e. The Bertz CT molecular complexity index is 423. The highest BCUT2D eigenvalue weighted by Gasteiger charge is 2.34. The quantitative estimate of drug-likeness (QED) is 0.712. The number of hydrogen-bond donors (Lipinski definition) is 0. The average Bonchev–Trinajstić information content (AvgIpc) is 2.68.